The summed E-state index contributed by atoms with van der Waals surface area (Å²) in [5, 5.41) is 2.82. The van der Waals surface area contributed by atoms with Crippen molar-refractivity contribution in [3.8, 4) is 5.75 Å². The first kappa shape index (κ1) is 21.1. The van der Waals surface area contributed by atoms with E-state index in [9.17, 15) is 4.79 Å². The molecule has 0 unspecified atom stereocenters. The Balaban J connectivity index is 0. The van der Waals surface area contributed by atoms with Crippen molar-refractivity contribution in [2.75, 3.05) is 37.8 Å². The minimum atomic E-state index is -0.0386. The fourth-order valence-corrected chi connectivity index (χ4v) is 1.66. The van der Waals surface area contributed by atoms with Crippen molar-refractivity contribution in [1.82, 2.24) is 4.90 Å². The van der Waals surface area contributed by atoms with E-state index in [1.165, 1.54) is 0 Å². The number of hydrogen-bond acceptors (Lipinski definition) is 4. The number of nitrogen functional groups attached to an aromatic ring is 1. The van der Waals surface area contributed by atoms with Gasteiger partial charge in [-0.3, -0.25) is 9.69 Å². The number of rotatable bonds is 6. The van der Waals surface area contributed by atoms with Gasteiger partial charge in [-0.25, -0.2) is 0 Å². The smallest absolute Gasteiger partial charge is 0.238 e. The molecule has 0 atom stereocenters. The van der Waals surface area contributed by atoms with Gasteiger partial charge in [0.1, 0.15) is 5.75 Å². The number of hydrogen-bond donors (Lipinski definition) is 2. The molecule has 0 aliphatic rings. The highest BCUT2D eigenvalue weighted by molar-refractivity contribution is 5.92. The van der Waals surface area contributed by atoms with Gasteiger partial charge in [-0.05, 0) is 31.3 Å². The molecule has 1 rings (SSSR count). The van der Waals surface area contributed by atoms with Gasteiger partial charge in [-0.15, -0.1) is 24.8 Å². The quantitative estimate of drug-likeness (QED) is 0.789. The van der Waals surface area contributed by atoms with E-state index in [0.29, 0.717) is 23.7 Å². The highest BCUT2D eigenvalue weighted by Gasteiger charge is 2.08. The molecule has 116 valence electrons. The summed E-state index contributed by atoms with van der Waals surface area (Å²) in [5.41, 5.74) is 6.97. The van der Waals surface area contributed by atoms with Crippen molar-refractivity contribution in [1.29, 1.82) is 0 Å². The zero-order chi connectivity index (χ0) is 13.5. The van der Waals surface area contributed by atoms with Crippen molar-refractivity contribution < 1.29 is 9.53 Å². The molecule has 0 saturated heterocycles. The highest BCUT2D eigenvalue weighted by Crippen LogP contribution is 2.24. The molecular formula is C13H23Cl2N3O2. The van der Waals surface area contributed by atoms with Crippen LogP contribution in [0.4, 0.5) is 11.4 Å². The first-order valence-corrected chi connectivity index (χ1v) is 6.06. The standard InChI is InChI=1S/C13H21N3O2.2ClH/c1-4-16(5-2)9-13(17)15-10-6-7-12(18-3)11(14)8-10;;/h6-8H,4-5,9,14H2,1-3H3,(H,15,17);2*1H. The van der Waals surface area contributed by atoms with Gasteiger partial charge >= 0.3 is 0 Å². The molecule has 0 saturated carbocycles. The van der Waals surface area contributed by atoms with Crippen LogP contribution < -0.4 is 15.8 Å². The third-order valence-corrected chi connectivity index (χ3v) is 2.78. The zero-order valence-corrected chi connectivity index (χ0v) is 13.6. The summed E-state index contributed by atoms with van der Waals surface area (Å²) in [6.07, 6.45) is 0. The summed E-state index contributed by atoms with van der Waals surface area (Å²) in [5.74, 6) is 0.569. The van der Waals surface area contributed by atoms with Crippen LogP contribution in [-0.4, -0.2) is 37.6 Å². The van der Waals surface area contributed by atoms with Gasteiger partial charge in [0.15, 0.2) is 0 Å². The average Bonchev–Trinajstić information content (AvgIpc) is 2.36. The van der Waals surface area contributed by atoms with E-state index in [4.69, 9.17) is 10.5 Å². The molecule has 5 nitrogen and oxygen atoms in total. The van der Waals surface area contributed by atoms with Gasteiger partial charge in [0, 0.05) is 5.69 Å². The number of likely N-dealkylation sites (N-methyl/N-ethyl adjacent to an activating group) is 1. The van der Waals surface area contributed by atoms with Crippen LogP contribution in [0.1, 0.15) is 13.8 Å². The van der Waals surface area contributed by atoms with E-state index >= 15 is 0 Å². The maximum atomic E-state index is 11.8. The number of carbonyl (C=O) groups is 1. The molecule has 1 amide bonds. The second-order valence-electron chi connectivity index (χ2n) is 3.97. The second-order valence-corrected chi connectivity index (χ2v) is 3.97. The molecule has 0 heterocycles. The molecule has 0 aromatic heterocycles. The Morgan fingerprint density at radius 1 is 1.30 bits per heavy atom. The van der Waals surface area contributed by atoms with Crippen molar-refractivity contribution in [3.63, 3.8) is 0 Å². The fourth-order valence-electron chi connectivity index (χ4n) is 1.66. The molecule has 0 spiro atoms. The van der Waals surface area contributed by atoms with Crippen molar-refractivity contribution in [2.24, 2.45) is 0 Å². The Labute approximate surface area is 132 Å². The van der Waals surface area contributed by atoms with E-state index in [1.807, 2.05) is 18.7 Å². The molecule has 20 heavy (non-hydrogen) atoms. The number of methoxy groups -OCH3 is 1. The Hall–Kier alpha value is -1.17. The molecule has 1 aromatic rings. The molecule has 0 aliphatic carbocycles. The Bertz CT molecular complexity index is 413. The van der Waals surface area contributed by atoms with E-state index in [1.54, 1.807) is 25.3 Å². The van der Waals surface area contributed by atoms with Crippen LogP contribution >= 0.6 is 24.8 Å². The molecule has 0 radical (unpaired) electrons. The van der Waals surface area contributed by atoms with Gasteiger partial charge in [-0.1, -0.05) is 13.8 Å². The SMILES string of the molecule is CCN(CC)CC(=O)Nc1ccc(OC)c(N)c1.Cl.Cl. The topological polar surface area (TPSA) is 67.6 Å². The molecule has 1 aromatic carbocycles. The lowest BCUT2D eigenvalue weighted by Crippen LogP contribution is -2.32. The lowest BCUT2D eigenvalue weighted by molar-refractivity contribution is -0.117. The maximum absolute atomic E-state index is 11.8. The van der Waals surface area contributed by atoms with Crippen LogP contribution in [-0.2, 0) is 4.79 Å². The normalized spacial score (nSPS) is 9.40. The average molecular weight is 324 g/mol. The zero-order valence-electron chi connectivity index (χ0n) is 12.0. The summed E-state index contributed by atoms with van der Waals surface area (Å²) in [4.78, 5) is 13.8. The van der Waals surface area contributed by atoms with Crippen LogP contribution in [0.3, 0.4) is 0 Å². The monoisotopic (exact) mass is 323 g/mol. The number of ether oxygens (including phenoxy) is 1. The predicted molar refractivity (Wildman–Crippen MR) is 88.3 cm³/mol. The van der Waals surface area contributed by atoms with Crippen LogP contribution in [0.2, 0.25) is 0 Å². The molecular weight excluding hydrogens is 301 g/mol. The minimum absolute atomic E-state index is 0. The Morgan fingerprint density at radius 2 is 1.90 bits per heavy atom. The van der Waals surface area contributed by atoms with Gasteiger partial charge in [-0.2, -0.15) is 0 Å². The van der Waals surface area contributed by atoms with Crippen molar-refractivity contribution >= 4 is 42.1 Å². The minimum Gasteiger partial charge on any atom is -0.495 e. The molecule has 3 N–H and O–H groups in total. The fraction of sp³-hybridized carbons (Fsp3) is 0.462. The van der Waals surface area contributed by atoms with E-state index in [0.717, 1.165) is 13.1 Å². The molecule has 0 aliphatic heterocycles. The number of amides is 1. The number of nitrogens with two attached hydrogens (primary N) is 1. The van der Waals surface area contributed by atoms with Crippen LogP contribution in [0.25, 0.3) is 0 Å². The first-order valence-electron chi connectivity index (χ1n) is 6.06. The number of carbonyl (C=O) groups excluding carboxylic acids is 1. The third kappa shape index (κ3) is 6.32. The van der Waals surface area contributed by atoms with Gasteiger partial charge in [0.25, 0.3) is 0 Å². The van der Waals surface area contributed by atoms with Crippen LogP contribution in [0.5, 0.6) is 5.75 Å². The number of nitrogens with one attached hydrogen (secondary N) is 1. The molecule has 0 fully saturated rings. The summed E-state index contributed by atoms with van der Waals surface area (Å²) in [6.45, 7) is 6.16. The van der Waals surface area contributed by atoms with Gasteiger partial charge < -0.3 is 15.8 Å². The lowest BCUT2D eigenvalue weighted by Gasteiger charge is -2.17. The van der Waals surface area contributed by atoms with E-state index in [2.05, 4.69) is 5.32 Å². The molecule has 7 heteroatoms. The Kier molecular flexibility index (Phi) is 11.2. The van der Waals surface area contributed by atoms with E-state index in [-0.39, 0.29) is 30.7 Å². The van der Waals surface area contributed by atoms with Crippen molar-refractivity contribution in [2.45, 2.75) is 13.8 Å². The summed E-state index contributed by atoms with van der Waals surface area (Å²) in [6, 6.07) is 5.21. The first-order chi connectivity index (χ1) is 8.60. The largest absolute Gasteiger partial charge is 0.495 e. The Morgan fingerprint density at radius 3 is 2.35 bits per heavy atom. The van der Waals surface area contributed by atoms with Gasteiger partial charge in [0.05, 0.1) is 19.3 Å². The summed E-state index contributed by atoms with van der Waals surface area (Å²) < 4.78 is 5.06. The number of anilines is 2. The predicted octanol–water partition coefficient (Wildman–Crippen LogP) is 2.40. The van der Waals surface area contributed by atoms with Gasteiger partial charge in [0.2, 0.25) is 5.91 Å². The summed E-state index contributed by atoms with van der Waals surface area (Å²) in [7, 11) is 1.56. The maximum Gasteiger partial charge on any atom is 0.238 e. The number of benzene rings is 1. The summed E-state index contributed by atoms with van der Waals surface area (Å²) >= 11 is 0. The lowest BCUT2D eigenvalue weighted by atomic mass is 10.2. The second kappa shape index (κ2) is 10.6. The number of nitrogens with zero attached hydrogens (tertiary/aromatic N) is 1. The van der Waals surface area contributed by atoms with Crippen LogP contribution in [0, 0.1) is 0 Å². The van der Waals surface area contributed by atoms with Crippen LogP contribution in [0.15, 0.2) is 18.2 Å². The highest BCUT2D eigenvalue weighted by atomic mass is 35.5. The third-order valence-electron chi connectivity index (χ3n) is 2.78. The molecule has 0 bridgehead atoms. The van der Waals surface area contributed by atoms with E-state index < -0.39 is 0 Å². The van der Waals surface area contributed by atoms with Crippen molar-refractivity contribution in [3.05, 3.63) is 18.2 Å². The number of halogens is 2.